The average molecular weight is 337 g/mol. The van der Waals surface area contributed by atoms with E-state index in [0.29, 0.717) is 6.42 Å². The molecule has 1 heterocycles. The van der Waals surface area contributed by atoms with Gasteiger partial charge in [-0.2, -0.15) is 0 Å². The lowest BCUT2D eigenvalue weighted by molar-refractivity contribution is -0.151. The van der Waals surface area contributed by atoms with E-state index in [1.165, 1.54) is 0 Å². The molecule has 2 fully saturated rings. The molecule has 7 heteroatoms. The van der Waals surface area contributed by atoms with Crippen LogP contribution >= 0.6 is 0 Å². The van der Waals surface area contributed by atoms with Crippen LogP contribution in [-0.4, -0.2) is 44.4 Å². The van der Waals surface area contributed by atoms with Crippen molar-refractivity contribution in [3.8, 4) is 0 Å². The van der Waals surface area contributed by atoms with Crippen LogP contribution in [0.4, 0.5) is 0 Å². The molecule has 23 heavy (non-hydrogen) atoms. The van der Waals surface area contributed by atoms with Crippen molar-refractivity contribution >= 4 is 21.7 Å². The molecular formula is C16H19NO5S. The summed E-state index contributed by atoms with van der Waals surface area (Å²) >= 11 is 0. The SMILES string of the molecule is O=C(COC(=O)C1(c2ccccc2)CC1)NC1CCS(=O)(=O)C1. The van der Waals surface area contributed by atoms with Gasteiger partial charge in [0, 0.05) is 6.04 Å². The molecule has 0 radical (unpaired) electrons. The summed E-state index contributed by atoms with van der Waals surface area (Å²) in [5, 5.41) is 2.61. The molecule has 2 aliphatic rings. The second-order valence-electron chi connectivity index (χ2n) is 6.19. The third kappa shape index (κ3) is 3.55. The summed E-state index contributed by atoms with van der Waals surface area (Å²) < 4.78 is 27.8. The molecule has 1 aliphatic heterocycles. The monoisotopic (exact) mass is 337 g/mol. The normalized spacial score (nSPS) is 23.9. The highest BCUT2D eigenvalue weighted by Crippen LogP contribution is 2.49. The second kappa shape index (κ2) is 5.96. The molecule has 1 aromatic carbocycles. The van der Waals surface area contributed by atoms with Gasteiger partial charge in [-0.05, 0) is 24.8 Å². The molecule has 3 rings (SSSR count). The lowest BCUT2D eigenvalue weighted by Crippen LogP contribution is -2.39. The van der Waals surface area contributed by atoms with Crippen molar-refractivity contribution in [1.82, 2.24) is 5.32 Å². The molecule has 6 nitrogen and oxygen atoms in total. The quantitative estimate of drug-likeness (QED) is 0.793. The number of nitrogens with one attached hydrogen (secondary N) is 1. The first kappa shape index (κ1) is 16.0. The zero-order valence-corrected chi connectivity index (χ0v) is 13.5. The van der Waals surface area contributed by atoms with E-state index in [0.717, 1.165) is 18.4 Å². The molecule has 1 unspecified atom stereocenters. The summed E-state index contributed by atoms with van der Waals surface area (Å²) in [5.41, 5.74) is 0.297. The van der Waals surface area contributed by atoms with Crippen molar-refractivity contribution in [2.75, 3.05) is 18.1 Å². The summed E-state index contributed by atoms with van der Waals surface area (Å²) in [6.07, 6.45) is 1.85. The van der Waals surface area contributed by atoms with E-state index >= 15 is 0 Å². The van der Waals surface area contributed by atoms with Gasteiger partial charge in [-0.25, -0.2) is 8.42 Å². The smallest absolute Gasteiger partial charge is 0.317 e. The topological polar surface area (TPSA) is 89.5 Å². The van der Waals surface area contributed by atoms with E-state index in [1.807, 2.05) is 30.3 Å². The fourth-order valence-electron chi connectivity index (χ4n) is 2.94. The number of carbonyl (C=O) groups excluding carboxylic acids is 2. The highest BCUT2D eigenvalue weighted by atomic mass is 32.2. The second-order valence-corrected chi connectivity index (χ2v) is 8.42. The van der Waals surface area contributed by atoms with E-state index in [9.17, 15) is 18.0 Å². The van der Waals surface area contributed by atoms with Gasteiger partial charge in [0.1, 0.15) is 0 Å². The van der Waals surface area contributed by atoms with Crippen molar-refractivity contribution in [3.05, 3.63) is 35.9 Å². The molecular weight excluding hydrogens is 318 g/mol. The minimum atomic E-state index is -3.04. The molecule has 1 aromatic rings. The molecule has 1 atom stereocenters. The molecule has 0 bridgehead atoms. The highest BCUT2D eigenvalue weighted by Gasteiger charge is 2.52. The van der Waals surface area contributed by atoms with E-state index in [2.05, 4.69) is 5.32 Å². The number of amides is 1. The van der Waals surface area contributed by atoms with E-state index in [1.54, 1.807) is 0 Å². The van der Waals surface area contributed by atoms with Crippen molar-refractivity contribution in [2.45, 2.75) is 30.7 Å². The maximum absolute atomic E-state index is 12.3. The number of carbonyl (C=O) groups is 2. The van der Waals surface area contributed by atoms with Crippen LogP contribution in [0, 0.1) is 0 Å². The maximum atomic E-state index is 12.3. The zero-order chi connectivity index (χ0) is 16.5. The Morgan fingerprint density at radius 3 is 2.48 bits per heavy atom. The molecule has 1 aliphatic carbocycles. The zero-order valence-electron chi connectivity index (χ0n) is 12.7. The predicted octanol–water partition coefficient (Wildman–Crippen LogP) is 0.565. The van der Waals surface area contributed by atoms with Crippen molar-refractivity contribution < 1.29 is 22.7 Å². The summed E-state index contributed by atoms with van der Waals surface area (Å²) in [5.74, 6) is -0.794. The number of benzene rings is 1. The standard InChI is InChI=1S/C16H19NO5S/c18-14(17-13-6-9-23(20,21)11-13)10-22-15(19)16(7-8-16)12-4-2-1-3-5-12/h1-5,13H,6-11H2,(H,17,18). The van der Waals surface area contributed by atoms with Crippen LogP contribution in [-0.2, 0) is 29.6 Å². The Morgan fingerprint density at radius 2 is 1.91 bits per heavy atom. The molecule has 1 N–H and O–H groups in total. The van der Waals surface area contributed by atoms with E-state index in [4.69, 9.17) is 4.74 Å². The van der Waals surface area contributed by atoms with Crippen LogP contribution in [0.25, 0.3) is 0 Å². The maximum Gasteiger partial charge on any atom is 0.317 e. The van der Waals surface area contributed by atoms with Crippen LogP contribution in [0.2, 0.25) is 0 Å². The van der Waals surface area contributed by atoms with Gasteiger partial charge >= 0.3 is 5.97 Å². The Morgan fingerprint density at radius 1 is 1.22 bits per heavy atom. The fraction of sp³-hybridized carbons (Fsp3) is 0.500. The van der Waals surface area contributed by atoms with Gasteiger partial charge in [-0.1, -0.05) is 30.3 Å². The summed E-state index contributed by atoms with van der Waals surface area (Å²) in [6, 6.07) is 9.02. The van der Waals surface area contributed by atoms with Gasteiger partial charge < -0.3 is 10.1 Å². The number of sulfone groups is 1. The summed E-state index contributed by atoms with van der Waals surface area (Å²) in [7, 11) is -3.04. The van der Waals surface area contributed by atoms with E-state index in [-0.39, 0.29) is 24.2 Å². The molecule has 124 valence electrons. The first-order chi connectivity index (χ1) is 10.9. The Balaban J connectivity index is 1.51. The molecule has 1 saturated carbocycles. The Labute approximate surface area is 135 Å². The summed E-state index contributed by atoms with van der Waals surface area (Å²) in [4.78, 5) is 24.1. The Bertz CT molecular complexity index is 709. The molecule has 0 aromatic heterocycles. The predicted molar refractivity (Wildman–Crippen MR) is 83.5 cm³/mol. The van der Waals surface area contributed by atoms with Gasteiger partial charge in [0.15, 0.2) is 16.4 Å². The number of rotatable bonds is 5. The van der Waals surface area contributed by atoms with Gasteiger partial charge in [-0.15, -0.1) is 0 Å². The molecule has 0 spiro atoms. The first-order valence-electron chi connectivity index (χ1n) is 7.64. The first-order valence-corrected chi connectivity index (χ1v) is 9.46. The van der Waals surface area contributed by atoms with Crippen molar-refractivity contribution in [1.29, 1.82) is 0 Å². The molecule has 1 amide bonds. The summed E-state index contributed by atoms with van der Waals surface area (Å²) in [6.45, 7) is -0.371. The van der Waals surface area contributed by atoms with Crippen LogP contribution < -0.4 is 5.32 Å². The number of ether oxygens (including phenoxy) is 1. The van der Waals surface area contributed by atoms with Gasteiger partial charge in [0.2, 0.25) is 0 Å². The Kier molecular flexibility index (Phi) is 4.14. The fourth-order valence-corrected chi connectivity index (χ4v) is 4.61. The third-order valence-electron chi connectivity index (χ3n) is 4.40. The highest BCUT2D eigenvalue weighted by molar-refractivity contribution is 7.91. The van der Waals surface area contributed by atoms with Gasteiger partial charge in [0.25, 0.3) is 5.91 Å². The molecule has 1 saturated heterocycles. The van der Waals surface area contributed by atoms with Crippen molar-refractivity contribution in [2.24, 2.45) is 0 Å². The minimum absolute atomic E-state index is 0.0410. The van der Waals surface area contributed by atoms with Crippen molar-refractivity contribution in [3.63, 3.8) is 0 Å². The number of hydrogen-bond acceptors (Lipinski definition) is 5. The number of esters is 1. The van der Waals surface area contributed by atoms with Gasteiger partial charge in [0.05, 0.1) is 16.9 Å². The van der Waals surface area contributed by atoms with Gasteiger partial charge in [-0.3, -0.25) is 9.59 Å². The minimum Gasteiger partial charge on any atom is -0.455 e. The lowest BCUT2D eigenvalue weighted by Gasteiger charge is -2.15. The van der Waals surface area contributed by atoms with Crippen LogP contribution in [0.3, 0.4) is 0 Å². The third-order valence-corrected chi connectivity index (χ3v) is 6.17. The van der Waals surface area contributed by atoms with E-state index < -0.39 is 27.1 Å². The van der Waals surface area contributed by atoms with Crippen LogP contribution in [0.1, 0.15) is 24.8 Å². The van der Waals surface area contributed by atoms with Crippen LogP contribution in [0.15, 0.2) is 30.3 Å². The number of hydrogen-bond donors (Lipinski definition) is 1. The van der Waals surface area contributed by atoms with Crippen LogP contribution in [0.5, 0.6) is 0 Å². The average Bonchev–Trinajstić information content (AvgIpc) is 3.26. The Hall–Kier alpha value is -1.89. The lowest BCUT2D eigenvalue weighted by atomic mass is 9.96. The largest absolute Gasteiger partial charge is 0.455 e.